The number of ether oxygens (including phenoxy) is 1. The van der Waals surface area contributed by atoms with Gasteiger partial charge in [0.1, 0.15) is 12.4 Å². The van der Waals surface area contributed by atoms with Crippen molar-refractivity contribution < 1.29 is 23.1 Å². The molecule has 39 heavy (non-hydrogen) atoms. The molecule has 0 saturated heterocycles. The Balaban J connectivity index is 1.66. The van der Waals surface area contributed by atoms with Gasteiger partial charge in [0.05, 0.1) is 17.5 Å². The van der Waals surface area contributed by atoms with Crippen LogP contribution in [0.3, 0.4) is 0 Å². The van der Waals surface area contributed by atoms with Crippen LogP contribution in [0.5, 0.6) is 5.75 Å². The Bertz CT molecular complexity index is 1310. The van der Waals surface area contributed by atoms with E-state index in [0.29, 0.717) is 23.9 Å². The Hall–Kier alpha value is -2.81. The number of carbonyl (C=O) groups is 1. The normalized spacial score (nSPS) is 20.2. The summed E-state index contributed by atoms with van der Waals surface area (Å²) >= 11 is 6.27. The summed E-state index contributed by atoms with van der Waals surface area (Å²) in [5.41, 5.74) is 3.19. The number of aliphatic hydroxyl groups is 1. The molecule has 2 aromatic carbocycles. The predicted octanol–water partition coefficient (Wildman–Crippen LogP) is 5.27. The topological polar surface area (TPSA) is 95.9 Å². The van der Waals surface area contributed by atoms with Crippen molar-refractivity contribution in [2.45, 2.75) is 51.2 Å². The summed E-state index contributed by atoms with van der Waals surface area (Å²) in [6.07, 6.45) is 7.45. The Morgan fingerprint density at radius 1 is 1.18 bits per heavy atom. The summed E-state index contributed by atoms with van der Waals surface area (Å²) in [6, 6.07) is 10.9. The number of hydrogen-bond donors (Lipinski definition) is 2. The number of nitrogens with one attached hydrogen (secondary N) is 1. The smallest absolute Gasteiger partial charge is 0.264 e. The SMILES string of the molecule is C=CCCS(=O)(=O)NC(=O)c1ccc2c(c1)N(C[C@@H]1CC[C@H]1[C@H](O)C=C)CCCCc1cc(Cl)ccc1CO2. The summed E-state index contributed by atoms with van der Waals surface area (Å²) in [5, 5.41) is 11.1. The molecule has 7 nitrogen and oxygen atoms in total. The highest BCUT2D eigenvalue weighted by molar-refractivity contribution is 7.90. The van der Waals surface area contributed by atoms with Crippen molar-refractivity contribution in [3.63, 3.8) is 0 Å². The van der Waals surface area contributed by atoms with Crippen molar-refractivity contribution in [1.29, 1.82) is 0 Å². The van der Waals surface area contributed by atoms with E-state index in [2.05, 4.69) is 22.8 Å². The summed E-state index contributed by atoms with van der Waals surface area (Å²) in [6.45, 7) is 9.06. The fraction of sp³-hybridized carbons (Fsp3) is 0.433. The zero-order valence-corrected chi connectivity index (χ0v) is 23.7. The fourth-order valence-corrected chi connectivity index (χ4v) is 6.47. The van der Waals surface area contributed by atoms with Crippen LogP contribution in [0.4, 0.5) is 5.69 Å². The number of sulfonamides is 1. The molecule has 2 aromatic rings. The number of rotatable bonds is 9. The molecule has 0 aromatic heterocycles. The lowest BCUT2D eigenvalue weighted by Crippen LogP contribution is -2.43. The molecule has 0 radical (unpaired) electrons. The number of aryl methyl sites for hydroxylation is 1. The molecule has 2 aliphatic rings. The van der Waals surface area contributed by atoms with E-state index in [1.165, 1.54) is 6.08 Å². The van der Waals surface area contributed by atoms with E-state index >= 15 is 0 Å². The molecule has 2 N–H and O–H groups in total. The number of amides is 1. The molecule has 9 heteroatoms. The monoisotopic (exact) mass is 572 g/mol. The second-order valence-corrected chi connectivity index (χ2v) is 12.6. The third kappa shape index (κ3) is 7.44. The maximum absolute atomic E-state index is 13.0. The van der Waals surface area contributed by atoms with Crippen molar-refractivity contribution in [3.05, 3.63) is 83.4 Å². The van der Waals surface area contributed by atoms with Gasteiger partial charge in [0.2, 0.25) is 10.0 Å². The van der Waals surface area contributed by atoms with E-state index in [9.17, 15) is 18.3 Å². The minimum Gasteiger partial charge on any atom is -0.487 e. The number of carbonyl (C=O) groups excluding carboxylic acids is 1. The van der Waals surface area contributed by atoms with Crippen LogP contribution in [0.2, 0.25) is 5.02 Å². The van der Waals surface area contributed by atoms with E-state index in [1.54, 1.807) is 24.3 Å². The number of anilines is 1. The fourth-order valence-electron chi connectivity index (χ4n) is 5.30. The average molecular weight is 573 g/mol. The molecule has 210 valence electrons. The van der Waals surface area contributed by atoms with Crippen LogP contribution in [-0.2, 0) is 23.1 Å². The highest BCUT2D eigenvalue weighted by Crippen LogP contribution is 2.40. The first-order valence-electron chi connectivity index (χ1n) is 13.5. The van der Waals surface area contributed by atoms with Gasteiger partial charge in [-0.2, -0.15) is 0 Å². The third-order valence-electron chi connectivity index (χ3n) is 7.69. The average Bonchev–Trinajstić information content (AvgIpc) is 2.92. The molecule has 1 amide bonds. The van der Waals surface area contributed by atoms with Gasteiger partial charge < -0.3 is 14.7 Å². The Morgan fingerprint density at radius 2 is 2.00 bits per heavy atom. The van der Waals surface area contributed by atoms with E-state index in [1.807, 2.05) is 18.2 Å². The van der Waals surface area contributed by atoms with Crippen LogP contribution < -0.4 is 14.4 Å². The Kier molecular flexibility index (Phi) is 9.75. The van der Waals surface area contributed by atoms with Crippen LogP contribution >= 0.6 is 11.6 Å². The first-order valence-corrected chi connectivity index (χ1v) is 15.5. The third-order valence-corrected chi connectivity index (χ3v) is 9.19. The highest BCUT2D eigenvalue weighted by Gasteiger charge is 2.36. The van der Waals surface area contributed by atoms with Crippen LogP contribution in [0.25, 0.3) is 0 Å². The lowest BCUT2D eigenvalue weighted by molar-refractivity contribution is 0.0465. The largest absolute Gasteiger partial charge is 0.487 e. The van der Waals surface area contributed by atoms with Gasteiger partial charge in [-0.1, -0.05) is 29.8 Å². The molecule has 1 aliphatic heterocycles. The van der Waals surface area contributed by atoms with Gasteiger partial charge in [-0.3, -0.25) is 4.79 Å². The second-order valence-electron chi connectivity index (χ2n) is 10.3. The van der Waals surface area contributed by atoms with Crippen LogP contribution in [-0.4, -0.2) is 44.4 Å². The molecule has 1 aliphatic carbocycles. The molecule has 0 spiro atoms. The number of hydrogen-bond acceptors (Lipinski definition) is 6. The van der Waals surface area contributed by atoms with Crippen molar-refractivity contribution in [2.24, 2.45) is 11.8 Å². The van der Waals surface area contributed by atoms with Crippen molar-refractivity contribution in [3.8, 4) is 5.75 Å². The zero-order chi connectivity index (χ0) is 28.0. The molecule has 3 atom stereocenters. The molecular weight excluding hydrogens is 536 g/mol. The summed E-state index contributed by atoms with van der Waals surface area (Å²) in [5.74, 6) is 0.131. The molecule has 0 bridgehead atoms. The molecule has 1 saturated carbocycles. The number of benzene rings is 2. The highest BCUT2D eigenvalue weighted by atomic mass is 35.5. The zero-order valence-electron chi connectivity index (χ0n) is 22.1. The molecule has 0 unspecified atom stereocenters. The van der Waals surface area contributed by atoms with Gasteiger partial charge in [-0.05, 0) is 91.8 Å². The van der Waals surface area contributed by atoms with Crippen LogP contribution in [0, 0.1) is 11.8 Å². The van der Waals surface area contributed by atoms with Gasteiger partial charge in [0.25, 0.3) is 5.91 Å². The van der Waals surface area contributed by atoms with Crippen LogP contribution in [0.1, 0.15) is 53.6 Å². The van der Waals surface area contributed by atoms with Crippen molar-refractivity contribution in [2.75, 3.05) is 23.7 Å². The van der Waals surface area contributed by atoms with Crippen LogP contribution in [0.15, 0.2) is 61.7 Å². The van der Waals surface area contributed by atoms with Gasteiger partial charge >= 0.3 is 0 Å². The first-order chi connectivity index (χ1) is 18.7. The Labute approximate surface area is 236 Å². The number of fused-ring (bicyclic) bond motifs is 2. The van der Waals surface area contributed by atoms with E-state index < -0.39 is 22.0 Å². The number of allylic oxidation sites excluding steroid dienone is 1. The van der Waals surface area contributed by atoms with E-state index in [0.717, 1.165) is 55.5 Å². The first kappa shape index (κ1) is 29.2. The number of aliphatic hydroxyl groups excluding tert-OH is 1. The minimum atomic E-state index is -3.79. The predicted molar refractivity (Wildman–Crippen MR) is 156 cm³/mol. The maximum Gasteiger partial charge on any atom is 0.264 e. The second kappa shape index (κ2) is 13.0. The molecule has 1 fully saturated rings. The van der Waals surface area contributed by atoms with Gasteiger partial charge in [-0.15, -0.1) is 13.2 Å². The van der Waals surface area contributed by atoms with Crippen molar-refractivity contribution in [1.82, 2.24) is 4.72 Å². The van der Waals surface area contributed by atoms with E-state index in [-0.39, 0.29) is 29.6 Å². The quantitative estimate of drug-likeness (QED) is 0.397. The molecular formula is C30H37ClN2O5S. The van der Waals surface area contributed by atoms with E-state index in [4.69, 9.17) is 16.3 Å². The standard InChI is InChI=1S/C30H37ClN2O5S/c1-3-5-16-39(36,37)32-30(35)22-11-14-29-27(18-22)33(19-23-10-13-26(23)28(34)4-2)15-7-6-8-21-17-25(31)12-9-24(21)20-38-29/h3-4,9,11-12,14,17-18,23,26,28,34H,1-2,5-8,10,13,15-16,19-20H2,(H,32,35)/t23-,26+,28+/m0/s1. The summed E-state index contributed by atoms with van der Waals surface area (Å²) in [7, 11) is -3.79. The maximum atomic E-state index is 13.0. The summed E-state index contributed by atoms with van der Waals surface area (Å²) in [4.78, 5) is 15.2. The number of nitrogens with zero attached hydrogens (tertiary/aromatic N) is 1. The molecule has 1 heterocycles. The lowest BCUT2D eigenvalue weighted by Gasteiger charge is -2.42. The van der Waals surface area contributed by atoms with Gasteiger partial charge in [-0.25, -0.2) is 13.1 Å². The lowest BCUT2D eigenvalue weighted by atomic mass is 9.70. The number of halogens is 1. The molecule has 4 rings (SSSR count). The van der Waals surface area contributed by atoms with Gasteiger partial charge in [0, 0.05) is 23.7 Å². The van der Waals surface area contributed by atoms with Gasteiger partial charge in [0.15, 0.2) is 0 Å². The summed E-state index contributed by atoms with van der Waals surface area (Å²) < 4.78 is 33.2. The Morgan fingerprint density at radius 3 is 2.72 bits per heavy atom. The van der Waals surface area contributed by atoms with Crippen molar-refractivity contribution >= 4 is 33.2 Å². The minimum absolute atomic E-state index is 0.137.